The second kappa shape index (κ2) is 5.41. The molecule has 0 bridgehead atoms. The normalized spacial score (nSPS) is 16.6. The minimum atomic E-state index is -0.279. The number of imidazole rings is 1. The first kappa shape index (κ1) is 13.4. The number of benzene rings is 1. The molecular formula is C14H15BrClFN2. The van der Waals surface area contributed by atoms with Gasteiger partial charge in [-0.2, -0.15) is 0 Å². The highest BCUT2D eigenvalue weighted by atomic mass is 79.9. The summed E-state index contributed by atoms with van der Waals surface area (Å²) in [5, 5.41) is 0. The second-order valence-electron chi connectivity index (χ2n) is 5.18. The molecular weight excluding hydrogens is 331 g/mol. The van der Waals surface area contributed by atoms with Gasteiger partial charge in [0.2, 0.25) is 0 Å². The van der Waals surface area contributed by atoms with Gasteiger partial charge in [-0.25, -0.2) is 9.37 Å². The van der Waals surface area contributed by atoms with Crippen LogP contribution in [0, 0.1) is 11.7 Å². The van der Waals surface area contributed by atoms with Crippen LogP contribution in [-0.2, 0) is 12.4 Å². The number of hydrogen-bond donors (Lipinski definition) is 0. The highest BCUT2D eigenvalue weighted by molar-refractivity contribution is 9.10. The van der Waals surface area contributed by atoms with Crippen molar-refractivity contribution in [3.05, 3.63) is 28.2 Å². The lowest BCUT2D eigenvalue weighted by molar-refractivity contribution is 0.457. The molecule has 5 heteroatoms. The predicted octanol–water partition coefficient (Wildman–Crippen LogP) is 4.87. The summed E-state index contributed by atoms with van der Waals surface area (Å²) in [7, 11) is 0. The van der Waals surface area contributed by atoms with E-state index in [-0.39, 0.29) is 5.82 Å². The molecule has 2 aromatic rings. The number of rotatable bonds is 3. The van der Waals surface area contributed by atoms with Crippen LogP contribution in [0.3, 0.4) is 0 Å². The Bertz CT molecular complexity index is 605. The van der Waals surface area contributed by atoms with Crippen LogP contribution >= 0.6 is 27.5 Å². The van der Waals surface area contributed by atoms with Crippen LogP contribution in [0.2, 0.25) is 0 Å². The molecule has 0 N–H and O–H groups in total. The summed E-state index contributed by atoms with van der Waals surface area (Å²) in [5.41, 5.74) is 1.66. The second-order valence-corrected chi connectivity index (χ2v) is 6.30. The Morgan fingerprint density at radius 3 is 2.79 bits per heavy atom. The van der Waals surface area contributed by atoms with Gasteiger partial charge < -0.3 is 4.57 Å². The highest BCUT2D eigenvalue weighted by Gasteiger charge is 2.19. The molecule has 1 aliphatic rings. The van der Waals surface area contributed by atoms with Gasteiger partial charge in [-0.3, -0.25) is 0 Å². The van der Waals surface area contributed by atoms with E-state index < -0.39 is 0 Å². The first-order valence-electron chi connectivity index (χ1n) is 6.59. The average molecular weight is 346 g/mol. The highest BCUT2D eigenvalue weighted by Crippen LogP contribution is 2.30. The fourth-order valence-corrected chi connectivity index (χ4v) is 3.46. The van der Waals surface area contributed by atoms with Crippen LogP contribution in [0.4, 0.5) is 4.39 Å². The molecule has 1 aromatic carbocycles. The maximum atomic E-state index is 13.6. The molecule has 1 heterocycles. The van der Waals surface area contributed by atoms with Gasteiger partial charge in [0.05, 0.1) is 21.4 Å². The van der Waals surface area contributed by atoms with Crippen LogP contribution < -0.4 is 0 Å². The van der Waals surface area contributed by atoms with Crippen molar-refractivity contribution in [1.29, 1.82) is 0 Å². The van der Waals surface area contributed by atoms with Gasteiger partial charge in [-0.1, -0.05) is 12.8 Å². The number of halogens is 3. The molecule has 2 nitrogen and oxygen atoms in total. The SMILES string of the molecule is Fc1cc2nc(CCl)n(CC3CCCC3)c2cc1Br. The van der Waals surface area contributed by atoms with Crippen molar-refractivity contribution in [1.82, 2.24) is 9.55 Å². The molecule has 0 aliphatic heterocycles. The Kier molecular flexibility index (Phi) is 3.81. The zero-order valence-electron chi connectivity index (χ0n) is 10.5. The Morgan fingerprint density at radius 2 is 2.11 bits per heavy atom. The smallest absolute Gasteiger partial charge is 0.139 e. The van der Waals surface area contributed by atoms with E-state index in [1.165, 1.54) is 31.7 Å². The van der Waals surface area contributed by atoms with Crippen molar-refractivity contribution in [2.75, 3.05) is 0 Å². The Hall–Kier alpha value is -0.610. The molecule has 1 saturated carbocycles. The first-order chi connectivity index (χ1) is 9.19. The van der Waals surface area contributed by atoms with Gasteiger partial charge in [-0.15, -0.1) is 11.6 Å². The van der Waals surface area contributed by atoms with E-state index in [1.54, 1.807) is 0 Å². The molecule has 0 saturated heterocycles. The van der Waals surface area contributed by atoms with Crippen molar-refractivity contribution in [2.45, 2.75) is 38.1 Å². The number of alkyl halides is 1. The zero-order chi connectivity index (χ0) is 13.4. The quantitative estimate of drug-likeness (QED) is 0.726. The average Bonchev–Trinajstić information content (AvgIpc) is 3.00. The minimum absolute atomic E-state index is 0.279. The lowest BCUT2D eigenvalue weighted by Gasteiger charge is -2.13. The number of hydrogen-bond acceptors (Lipinski definition) is 1. The summed E-state index contributed by atoms with van der Waals surface area (Å²) in [4.78, 5) is 4.45. The summed E-state index contributed by atoms with van der Waals surface area (Å²) in [6, 6.07) is 3.28. The summed E-state index contributed by atoms with van der Waals surface area (Å²) in [5.74, 6) is 1.61. The van der Waals surface area contributed by atoms with Crippen molar-refractivity contribution in [3.63, 3.8) is 0 Å². The van der Waals surface area contributed by atoms with Crippen LogP contribution in [-0.4, -0.2) is 9.55 Å². The van der Waals surface area contributed by atoms with Gasteiger partial charge in [0.1, 0.15) is 11.6 Å². The largest absolute Gasteiger partial charge is 0.327 e. The Balaban J connectivity index is 2.06. The number of nitrogens with zero attached hydrogens (tertiary/aromatic N) is 2. The molecule has 19 heavy (non-hydrogen) atoms. The maximum Gasteiger partial charge on any atom is 0.139 e. The van der Waals surface area contributed by atoms with Gasteiger partial charge >= 0.3 is 0 Å². The Labute approximate surface area is 125 Å². The third kappa shape index (κ3) is 2.52. The van der Waals surface area contributed by atoms with Gasteiger partial charge in [0.15, 0.2) is 0 Å². The summed E-state index contributed by atoms with van der Waals surface area (Å²) >= 11 is 9.23. The van der Waals surface area contributed by atoms with E-state index in [0.717, 1.165) is 17.9 Å². The fraction of sp³-hybridized carbons (Fsp3) is 0.500. The standard InChI is InChI=1S/C14H15BrClFN2/c15-10-5-13-12(6-11(10)17)18-14(7-16)19(13)8-9-3-1-2-4-9/h5-6,9H,1-4,7-8H2. The Morgan fingerprint density at radius 1 is 1.37 bits per heavy atom. The molecule has 0 radical (unpaired) electrons. The van der Waals surface area contributed by atoms with Gasteiger partial charge in [0.25, 0.3) is 0 Å². The van der Waals surface area contributed by atoms with E-state index in [4.69, 9.17) is 11.6 Å². The zero-order valence-corrected chi connectivity index (χ0v) is 12.8. The van der Waals surface area contributed by atoms with E-state index >= 15 is 0 Å². The van der Waals surface area contributed by atoms with Crippen molar-refractivity contribution in [2.24, 2.45) is 5.92 Å². The van der Waals surface area contributed by atoms with Gasteiger partial charge in [-0.05, 0) is 40.8 Å². The third-order valence-electron chi connectivity index (χ3n) is 3.90. The minimum Gasteiger partial charge on any atom is -0.327 e. The summed E-state index contributed by atoms with van der Waals surface area (Å²) in [6.45, 7) is 0.941. The van der Waals surface area contributed by atoms with Crippen molar-refractivity contribution >= 4 is 38.6 Å². The van der Waals surface area contributed by atoms with Crippen molar-refractivity contribution < 1.29 is 4.39 Å². The van der Waals surface area contributed by atoms with E-state index in [9.17, 15) is 4.39 Å². The lowest BCUT2D eigenvalue weighted by Crippen LogP contribution is -2.10. The van der Waals surface area contributed by atoms with Crippen LogP contribution in [0.1, 0.15) is 31.5 Å². The molecule has 1 aliphatic carbocycles. The summed E-state index contributed by atoms with van der Waals surface area (Å²) < 4.78 is 16.2. The molecule has 0 spiro atoms. The molecule has 3 rings (SSSR count). The lowest BCUT2D eigenvalue weighted by atomic mass is 10.1. The number of aromatic nitrogens is 2. The first-order valence-corrected chi connectivity index (χ1v) is 7.92. The molecule has 1 aromatic heterocycles. The van der Waals surface area contributed by atoms with E-state index in [2.05, 4.69) is 25.5 Å². The van der Waals surface area contributed by atoms with Gasteiger partial charge in [0, 0.05) is 12.6 Å². The van der Waals surface area contributed by atoms with Crippen molar-refractivity contribution in [3.8, 4) is 0 Å². The fourth-order valence-electron chi connectivity index (χ4n) is 2.93. The van der Waals surface area contributed by atoms with E-state index in [1.807, 2.05) is 6.07 Å². The predicted molar refractivity (Wildman–Crippen MR) is 78.9 cm³/mol. The molecule has 0 atom stereocenters. The molecule has 0 unspecified atom stereocenters. The van der Waals surface area contributed by atoms with Crippen LogP contribution in [0.25, 0.3) is 11.0 Å². The molecule has 102 valence electrons. The van der Waals surface area contributed by atoms with E-state index in [0.29, 0.717) is 21.8 Å². The maximum absolute atomic E-state index is 13.6. The molecule has 1 fully saturated rings. The monoisotopic (exact) mass is 344 g/mol. The number of fused-ring (bicyclic) bond motifs is 1. The molecule has 0 amide bonds. The third-order valence-corrected chi connectivity index (χ3v) is 4.75. The van der Waals surface area contributed by atoms with Crippen LogP contribution in [0.5, 0.6) is 0 Å². The summed E-state index contributed by atoms with van der Waals surface area (Å²) in [6.07, 6.45) is 5.16. The topological polar surface area (TPSA) is 17.8 Å². The van der Waals surface area contributed by atoms with Crippen LogP contribution in [0.15, 0.2) is 16.6 Å².